The molecule has 5 rings (SSSR count). The summed E-state index contributed by atoms with van der Waals surface area (Å²) in [7, 11) is -3.54. The van der Waals surface area contributed by atoms with Crippen LogP contribution in [0.15, 0.2) is 47.6 Å². The molecule has 176 valence electrons. The summed E-state index contributed by atoms with van der Waals surface area (Å²) in [5.74, 6) is 1.51. The van der Waals surface area contributed by atoms with Crippen molar-refractivity contribution in [2.45, 2.75) is 32.6 Å². The van der Waals surface area contributed by atoms with Crippen LogP contribution in [0.1, 0.15) is 21.6 Å². The molecule has 0 unspecified atom stereocenters. The van der Waals surface area contributed by atoms with Crippen LogP contribution in [0.2, 0.25) is 0 Å². The van der Waals surface area contributed by atoms with Crippen molar-refractivity contribution in [3.63, 3.8) is 0 Å². The van der Waals surface area contributed by atoms with Crippen LogP contribution in [0.3, 0.4) is 0 Å². The van der Waals surface area contributed by atoms with Gasteiger partial charge in [0, 0.05) is 49.0 Å². The van der Waals surface area contributed by atoms with Gasteiger partial charge in [-0.1, -0.05) is 6.07 Å². The molecule has 0 aliphatic carbocycles. The second-order valence-corrected chi connectivity index (χ2v) is 11.9. The molecule has 3 aromatic heterocycles. The van der Waals surface area contributed by atoms with E-state index in [9.17, 15) is 8.42 Å². The van der Waals surface area contributed by atoms with Gasteiger partial charge in [-0.15, -0.1) is 11.3 Å². The highest BCUT2D eigenvalue weighted by atomic mass is 32.2. The van der Waals surface area contributed by atoms with Gasteiger partial charge in [-0.25, -0.2) is 18.4 Å². The fraction of sp³-hybridized carbons (Fsp3) is 0.320. The topological polar surface area (TPSA) is 79.3 Å². The van der Waals surface area contributed by atoms with E-state index in [4.69, 9.17) is 9.97 Å². The van der Waals surface area contributed by atoms with Crippen molar-refractivity contribution in [3.8, 4) is 11.4 Å². The summed E-state index contributed by atoms with van der Waals surface area (Å²) < 4.78 is 28.1. The van der Waals surface area contributed by atoms with Gasteiger partial charge in [-0.3, -0.25) is 4.98 Å². The molecule has 1 aliphatic rings. The van der Waals surface area contributed by atoms with E-state index in [1.54, 1.807) is 40.2 Å². The molecule has 1 fully saturated rings. The Kier molecular flexibility index (Phi) is 5.87. The Hall–Kier alpha value is -2.88. The van der Waals surface area contributed by atoms with Gasteiger partial charge in [0.2, 0.25) is 10.0 Å². The molecule has 0 atom stereocenters. The fourth-order valence-corrected chi connectivity index (χ4v) is 6.78. The number of thiophene rings is 1. The highest BCUT2D eigenvalue weighted by Crippen LogP contribution is 2.37. The maximum Gasteiger partial charge on any atom is 0.243 e. The number of aromatic nitrogens is 3. The summed E-state index contributed by atoms with van der Waals surface area (Å²) in [6.07, 6.45) is 3.50. The van der Waals surface area contributed by atoms with Crippen molar-refractivity contribution in [1.29, 1.82) is 0 Å². The number of nitrogens with zero attached hydrogens (tertiary/aromatic N) is 5. The smallest absolute Gasteiger partial charge is 0.243 e. The average Bonchev–Trinajstić information content (AvgIpc) is 3.14. The molecule has 1 saturated heterocycles. The third-order valence-electron chi connectivity index (χ3n) is 6.58. The van der Waals surface area contributed by atoms with Crippen LogP contribution >= 0.6 is 11.3 Å². The number of hydrogen-bond acceptors (Lipinski definition) is 7. The summed E-state index contributed by atoms with van der Waals surface area (Å²) in [6, 6.07) is 9.18. The number of sulfonamides is 1. The van der Waals surface area contributed by atoms with Crippen molar-refractivity contribution < 1.29 is 8.42 Å². The summed E-state index contributed by atoms with van der Waals surface area (Å²) in [6.45, 7) is 10.1. The number of fused-ring (bicyclic) bond motifs is 1. The molecule has 9 heteroatoms. The number of benzene rings is 1. The first-order valence-corrected chi connectivity index (χ1v) is 13.5. The Bertz CT molecular complexity index is 1470. The Labute approximate surface area is 204 Å². The standard InChI is InChI=1S/C25H27N5O2S2/c1-16-7-8-21(14-17(16)2)34(31,32)30-12-10-29(11-13-30)24-22-18(3)19(4)33-25(22)28-23(27-24)20-6-5-9-26-15-20/h5-9,14-15H,10-13H2,1-4H3. The molecule has 0 radical (unpaired) electrons. The van der Waals surface area contributed by atoms with Crippen LogP contribution in [0.5, 0.6) is 0 Å². The monoisotopic (exact) mass is 493 g/mol. The van der Waals surface area contributed by atoms with E-state index in [0.29, 0.717) is 36.9 Å². The lowest BCUT2D eigenvalue weighted by Crippen LogP contribution is -2.49. The molecule has 0 bridgehead atoms. The Morgan fingerprint density at radius 3 is 2.38 bits per heavy atom. The largest absolute Gasteiger partial charge is 0.353 e. The summed E-state index contributed by atoms with van der Waals surface area (Å²) in [5.41, 5.74) is 4.11. The molecular weight excluding hydrogens is 466 g/mol. The van der Waals surface area contributed by atoms with E-state index in [-0.39, 0.29) is 0 Å². The zero-order valence-corrected chi connectivity index (χ0v) is 21.4. The average molecular weight is 494 g/mol. The second-order valence-electron chi connectivity index (χ2n) is 8.71. The van der Waals surface area contributed by atoms with E-state index in [0.717, 1.165) is 32.7 Å². The molecule has 0 saturated carbocycles. The highest BCUT2D eigenvalue weighted by molar-refractivity contribution is 7.89. The van der Waals surface area contributed by atoms with Crippen LogP contribution in [-0.2, 0) is 10.0 Å². The first kappa shape index (κ1) is 22.9. The Morgan fingerprint density at radius 2 is 1.71 bits per heavy atom. The third kappa shape index (κ3) is 3.97. The third-order valence-corrected chi connectivity index (χ3v) is 9.58. The van der Waals surface area contributed by atoms with E-state index in [2.05, 4.69) is 23.7 Å². The summed E-state index contributed by atoms with van der Waals surface area (Å²) >= 11 is 1.67. The van der Waals surface area contributed by atoms with Crippen molar-refractivity contribution in [3.05, 3.63) is 64.3 Å². The van der Waals surface area contributed by atoms with Crippen molar-refractivity contribution in [1.82, 2.24) is 19.3 Å². The zero-order chi connectivity index (χ0) is 24.0. The minimum atomic E-state index is -3.54. The maximum absolute atomic E-state index is 13.3. The Morgan fingerprint density at radius 1 is 0.941 bits per heavy atom. The van der Waals surface area contributed by atoms with Crippen LogP contribution in [-0.4, -0.2) is 53.9 Å². The molecule has 34 heavy (non-hydrogen) atoms. The number of hydrogen-bond donors (Lipinski definition) is 0. The summed E-state index contributed by atoms with van der Waals surface area (Å²) in [4.78, 5) is 18.7. The SMILES string of the molecule is Cc1ccc(S(=O)(=O)N2CCN(c3nc(-c4cccnc4)nc4sc(C)c(C)c34)CC2)cc1C. The van der Waals surface area contributed by atoms with Gasteiger partial charge in [0.25, 0.3) is 0 Å². The van der Waals surface area contributed by atoms with Crippen molar-refractivity contribution in [2.75, 3.05) is 31.1 Å². The molecule has 1 aromatic carbocycles. The van der Waals surface area contributed by atoms with Gasteiger partial charge < -0.3 is 4.90 Å². The van der Waals surface area contributed by atoms with Crippen molar-refractivity contribution >= 4 is 37.4 Å². The van der Waals surface area contributed by atoms with Crippen LogP contribution in [0, 0.1) is 27.7 Å². The molecule has 1 aliphatic heterocycles. The number of aryl methyl sites for hydroxylation is 4. The minimum absolute atomic E-state index is 0.358. The predicted molar refractivity (Wildman–Crippen MR) is 137 cm³/mol. The minimum Gasteiger partial charge on any atom is -0.353 e. The van der Waals surface area contributed by atoms with Crippen LogP contribution in [0.4, 0.5) is 5.82 Å². The van der Waals surface area contributed by atoms with E-state index in [1.165, 1.54) is 10.4 Å². The van der Waals surface area contributed by atoms with E-state index >= 15 is 0 Å². The van der Waals surface area contributed by atoms with Gasteiger partial charge >= 0.3 is 0 Å². The first-order valence-electron chi connectivity index (χ1n) is 11.3. The quantitative estimate of drug-likeness (QED) is 0.417. The lowest BCUT2D eigenvalue weighted by atomic mass is 10.1. The lowest BCUT2D eigenvalue weighted by molar-refractivity contribution is 0.384. The number of piperazine rings is 1. The number of pyridine rings is 1. The number of anilines is 1. The van der Waals surface area contributed by atoms with Gasteiger partial charge in [0.05, 0.1) is 10.3 Å². The second kappa shape index (κ2) is 8.72. The van der Waals surface area contributed by atoms with Gasteiger partial charge in [-0.05, 0) is 68.7 Å². The molecule has 7 nitrogen and oxygen atoms in total. The Balaban J connectivity index is 1.47. The number of rotatable bonds is 4. The molecule has 0 spiro atoms. The maximum atomic E-state index is 13.3. The van der Waals surface area contributed by atoms with Crippen LogP contribution in [0.25, 0.3) is 21.6 Å². The van der Waals surface area contributed by atoms with Gasteiger partial charge in [0.1, 0.15) is 10.6 Å². The normalized spacial score (nSPS) is 15.2. The highest BCUT2D eigenvalue weighted by Gasteiger charge is 2.30. The fourth-order valence-electron chi connectivity index (χ4n) is 4.25. The predicted octanol–water partition coefficient (Wildman–Crippen LogP) is 4.50. The molecule has 0 N–H and O–H groups in total. The van der Waals surface area contributed by atoms with E-state index < -0.39 is 10.0 Å². The first-order chi connectivity index (χ1) is 16.3. The van der Waals surface area contributed by atoms with Crippen molar-refractivity contribution in [2.24, 2.45) is 0 Å². The molecule has 4 aromatic rings. The molecule has 4 heterocycles. The van der Waals surface area contributed by atoms with Gasteiger partial charge in [-0.2, -0.15) is 4.31 Å². The van der Waals surface area contributed by atoms with Gasteiger partial charge in [0.15, 0.2) is 5.82 Å². The summed E-state index contributed by atoms with van der Waals surface area (Å²) in [5, 5.41) is 1.06. The van der Waals surface area contributed by atoms with Crippen LogP contribution < -0.4 is 4.90 Å². The molecular formula is C25H27N5O2S2. The zero-order valence-electron chi connectivity index (χ0n) is 19.7. The molecule has 0 amide bonds. The lowest BCUT2D eigenvalue weighted by Gasteiger charge is -2.35. The van der Waals surface area contributed by atoms with E-state index in [1.807, 2.05) is 32.0 Å².